The average molecular weight is 328 g/mol. The van der Waals surface area contributed by atoms with Crippen LogP contribution in [-0.4, -0.2) is 34.6 Å². The van der Waals surface area contributed by atoms with E-state index in [0.29, 0.717) is 10.6 Å². The van der Waals surface area contributed by atoms with Crippen LogP contribution in [0.3, 0.4) is 0 Å². The summed E-state index contributed by atoms with van der Waals surface area (Å²) < 4.78 is 5.12. The van der Waals surface area contributed by atoms with Gasteiger partial charge in [0, 0.05) is 11.5 Å². The SMILES string of the molecule is CC(C)(C)OC(=O)Nc1cc(C(O)C(O)CCN=[N+]=[N-])cs1. The van der Waals surface area contributed by atoms with E-state index in [2.05, 4.69) is 15.3 Å². The molecule has 0 aliphatic carbocycles. The number of carbonyl (C=O) groups excluding carboxylic acids is 1. The lowest BCUT2D eigenvalue weighted by Gasteiger charge is -2.19. The number of hydrogen-bond acceptors (Lipinski definition) is 6. The van der Waals surface area contributed by atoms with Crippen LogP contribution in [0, 0.1) is 0 Å². The van der Waals surface area contributed by atoms with E-state index < -0.39 is 23.9 Å². The van der Waals surface area contributed by atoms with Gasteiger partial charge in [0.1, 0.15) is 11.7 Å². The maximum Gasteiger partial charge on any atom is 0.412 e. The summed E-state index contributed by atoms with van der Waals surface area (Å²) in [6.45, 7) is 5.38. The molecule has 0 aliphatic heterocycles. The molecule has 0 spiro atoms. The number of rotatable bonds is 6. The van der Waals surface area contributed by atoms with Gasteiger partial charge >= 0.3 is 6.09 Å². The van der Waals surface area contributed by atoms with Crippen LogP contribution in [0.4, 0.5) is 9.80 Å². The van der Waals surface area contributed by atoms with Crippen molar-refractivity contribution in [1.82, 2.24) is 0 Å². The van der Waals surface area contributed by atoms with Crippen molar-refractivity contribution in [3.8, 4) is 0 Å². The van der Waals surface area contributed by atoms with Crippen LogP contribution in [0.2, 0.25) is 0 Å². The Morgan fingerprint density at radius 3 is 2.82 bits per heavy atom. The maximum absolute atomic E-state index is 11.6. The minimum Gasteiger partial charge on any atom is -0.444 e. The second kappa shape index (κ2) is 8.00. The summed E-state index contributed by atoms with van der Waals surface area (Å²) in [5.74, 6) is 0. The molecule has 0 radical (unpaired) electrons. The van der Waals surface area contributed by atoms with Gasteiger partial charge in [-0.1, -0.05) is 5.11 Å². The van der Waals surface area contributed by atoms with Gasteiger partial charge in [-0.3, -0.25) is 5.32 Å². The van der Waals surface area contributed by atoms with Crippen molar-refractivity contribution in [2.45, 2.75) is 45.0 Å². The molecule has 0 saturated carbocycles. The fourth-order valence-electron chi connectivity index (χ4n) is 1.59. The number of thiophene rings is 1. The van der Waals surface area contributed by atoms with Crippen molar-refractivity contribution in [1.29, 1.82) is 0 Å². The molecule has 0 fully saturated rings. The molecule has 1 aromatic heterocycles. The van der Waals surface area contributed by atoms with Crippen molar-refractivity contribution in [3.63, 3.8) is 0 Å². The first kappa shape index (κ1) is 18.2. The zero-order valence-corrected chi connectivity index (χ0v) is 13.5. The third-order valence-corrected chi connectivity index (χ3v) is 3.40. The summed E-state index contributed by atoms with van der Waals surface area (Å²) in [6, 6.07) is 1.57. The standard InChI is InChI=1S/C13H20N4O4S/c1-13(2,3)21-12(20)16-10-6-8(7-22-10)11(19)9(18)4-5-15-17-14/h6-7,9,11,18-19H,4-5H2,1-3H3,(H,16,20). The molecular formula is C13H20N4O4S. The van der Waals surface area contributed by atoms with E-state index in [-0.39, 0.29) is 13.0 Å². The van der Waals surface area contributed by atoms with Gasteiger partial charge in [0.05, 0.1) is 11.1 Å². The van der Waals surface area contributed by atoms with E-state index in [1.54, 1.807) is 32.2 Å². The monoisotopic (exact) mass is 328 g/mol. The highest BCUT2D eigenvalue weighted by Crippen LogP contribution is 2.28. The van der Waals surface area contributed by atoms with E-state index >= 15 is 0 Å². The Labute approximate surface area is 132 Å². The first-order valence-electron chi connectivity index (χ1n) is 6.68. The fraction of sp³-hybridized carbons (Fsp3) is 0.615. The Bertz CT molecular complexity index is 548. The lowest BCUT2D eigenvalue weighted by Crippen LogP contribution is -2.27. The summed E-state index contributed by atoms with van der Waals surface area (Å²) in [5.41, 5.74) is 8.05. The minimum absolute atomic E-state index is 0.0991. The van der Waals surface area contributed by atoms with Crippen molar-refractivity contribution < 1.29 is 19.7 Å². The summed E-state index contributed by atoms with van der Waals surface area (Å²) >= 11 is 1.21. The van der Waals surface area contributed by atoms with Crippen LogP contribution >= 0.6 is 11.3 Å². The fourth-order valence-corrected chi connectivity index (χ4v) is 2.41. The Hall–Kier alpha value is -1.80. The first-order valence-corrected chi connectivity index (χ1v) is 7.56. The Morgan fingerprint density at radius 2 is 2.23 bits per heavy atom. The largest absolute Gasteiger partial charge is 0.444 e. The predicted octanol–water partition coefficient (Wildman–Crippen LogP) is 3.19. The lowest BCUT2D eigenvalue weighted by atomic mass is 10.1. The quantitative estimate of drug-likeness (QED) is 0.421. The Kier molecular flexibility index (Phi) is 6.63. The highest BCUT2D eigenvalue weighted by atomic mass is 32.1. The van der Waals surface area contributed by atoms with Gasteiger partial charge < -0.3 is 14.9 Å². The number of anilines is 1. The maximum atomic E-state index is 11.6. The second-order valence-corrected chi connectivity index (χ2v) is 6.54. The summed E-state index contributed by atoms with van der Waals surface area (Å²) in [6.07, 6.45) is -2.59. The zero-order chi connectivity index (χ0) is 16.8. The number of aliphatic hydroxyl groups excluding tert-OH is 2. The topological polar surface area (TPSA) is 128 Å². The Morgan fingerprint density at radius 1 is 1.55 bits per heavy atom. The number of amides is 1. The third-order valence-electron chi connectivity index (χ3n) is 2.54. The normalized spacial score (nSPS) is 13.9. The smallest absolute Gasteiger partial charge is 0.412 e. The molecule has 122 valence electrons. The molecule has 0 aliphatic rings. The molecule has 0 bridgehead atoms. The number of carbonyl (C=O) groups is 1. The predicted molar refractivity (Wildman–Crippen MR) is 83.8 cm³/mol. The molecule has 8 nitrogen and oxygen atoms in total. The molecule has 0 aromatic carbocycles. The highest BCUT2D eigenvalue weighted by molar-refractivity contribution is 7.14. The van der Waals surface area contributed by atoms with Crippen molar-refractivity contribution in [2.24, 2.45) is 5.11 Å². The third kappa shape index (κ3) is 6.31. The molecule has 1 amide bonds. The number of nitrogens with one attached hydrogen (secondary N) is 1. The van der Waals surface area contributed by atoms with Gasteiger partial charge in [-0.05, 0) is 49.7 Å². The zero-order valence-electron chi connectivity index (χ0n) is 12.7. The minimum atomic E-state index is -1.11. The van der Waals surface area contributed by atoms with Crippen LogP contribution in [-0.2, 0) is 4.74 Å². The first-order chi connectivity index (χ1) is 10.2. The van der Waals surface area contributed by atoms with E-state index in [1.807, 2.05) is 0 Å². The van der Waals surface area contributed by atoms with Crippen LogP contribution < -0.4 is 5.32 Å². The second-order valence-electron chi connectivity index (χ2n) is 5.63. The molecule has 2 atom stereocenters. The molecule has 0 saturated heterocycles. The van der Waals surface area contributed by atoms with Crippen LogP contribution in [0.5, 0.6) is 0 Å². The Balaban J connectivity index is 2.59. The molecule has 9 heteroatoms. The van der Waals surface area contributed by atoms with Crippen LogP contribution in [0.15, 0.2) is 16.6 Å². The molecule has 1 heterocycles. The van der Waals surface area contributed by atoms with Gasteiger partial charge in [-0.15, -0.1) is 11.3 Å². The molecule has 2 unspecified atom stereocenters. The molecule has 22 heavy (non-hydrogen) atoms. The van der Waals surface area contributed by atoms with Crippen molar-refractivity contribution in [3.05, 3.63) is 27.5 Å². The summed E-state index contributed by atoms with van der Waals surface area (Å²) in [5, 5.41) is 27.8. The van der Waals surface area contributed by atoms with Gasteiger partial charge in [0.2, 0.25) is 0 Å². The summed E-state index contributed by atoms with van der Waals surface area (Å²) in [7, 11) is 0. The van der Waals surface area contributed by atoms with Crippen molar-refractivity contribution in [2.75, 3.05) is 11.9 Å². The van der Waals surface area contributed by atoms with Gasteiger partial charge in [-0.2, -0.15) is 0 Å². The summed E-state index contributed by atoms with van der Waals surface area (Å²) in [4.78, 5) is 14.2. The van der Waals surface area contributed by atoms with Crippen LogP contribution in [0.25, 0.3) is 10.4 Å². The van der Waals surface area contributed by atoms with Crippen LogP contribution in [0.1, 0.15) is 38.9 Å². The highest BCUT2D eigenvalue weighted by Gasteiger charge is 2.21. The lowest BCUT2D eigenvalue weighted by molar-refractivity contribution is 0.0153. The van der Waals surface area contributed by atoms with E-state index in [9.17, 15) is 15.0 Å². The number of azide groups is 1. The van der Waals surface area contributed by atoms with E-state index in [1.165, 1.54) is 11.3 Å². The number of ether oxygens (including phenoxy) is 1. The molecular weight excluding hydrogens is 308 g/mol. The number of hydrogen-bond donors (Lipinski definition) is 3. The van der Waals surface area contributed by atoms with Gasteiger partial charge in [0.15, 0.2) is 0 Å². The van der Waals surface area contributed by atoms with E-state index in [0.717, 1.165) is 0 Å². The van der Waals surface area contributed by atoms with E-state index in [4.69, 9.17) is 10.3 Å². The molecule has 1 rings (SSSR count). The number of nitrogens with zero attached hydrogens (tertiary/aromatic N) is 3. The van der Waals surface area contributed by atoms with Gasteiger partial charge in [0.25, 0.3) is 0 Å². The average Bonchev–Trinajstić information content (AvgIpc) is 2.84. The molecule has 1 aromatic rings. The molecule has 3 N–H and O–H groups in total. The number of aliphatic hydroxyl groups is 2. The van der Waals surface area contributed by atoms with Crippen molar-refractivity contribution >= 4 is 22.4 Å². The van der Waals surface area contributed by atoms with Gasteiger partial charge in [-0.25, -0.2) is 4.79 Å².